The fraction of sp³-hybridized carbons (Fsp3) is 0.429. The van der Waals surface area contributed by atoms with Crippen LogP contribution in [0.5, 0.6) is 40.2 Å². The SMILES string of the molecule is C[C@@H]1O[C@@H](OC[C@@H]2O[C@@H](Oc3cc4c(O[C@@H]5O[C@H](CO)[C@@H](O)[C@H](O)[C@@H]5O)cc(O)cc4[o+]c3-c3cc(O)c(O)c(O)c3)[C@H](O)[C@@H](O)[C@@H]2O)[C@H](O)[C@@H](O)[C@H]1OC(=O)/C=C/c1ccc(O)cc1. The van der Waals surface area contributed by atoms with Gasteiger partial charge < -0.3 is 105 Å². The Bertz CT molecular complexity index is 2320. The Labute approximate surface area is 366 Å². The fourth-order valence-corrected chi connectivity index (χ4v) is 7.28. The lowest BCUT2D eigenvalue weighted by Crippen LogP contribution is -2.62. The van der Waals surface area contributed by atoms with Crippen LogP contribution >= 0.6 is 0 Å². The molecule has 352 valence electrons. The van der Waals surface area contributed by atoms with Crippen molar-refractivity contribution < 1.29 is 114 Å². The molecule has 0 radical (unpaired) electrons. The van der Waals surface area contributed by atoms with Crippen molar-refractivity contribution in [2.24, 2.45) is 0 Å². The summed E-state index contributed by atoms with van der Waals surface area (Å²) in [6.07, 6.45) is -23.3. The van der Waals surface area contributed by atoms with Crippen molar-refractivity contribution in [3.63, 3.8) is 0 Å². The quantitative estimate of drug-likeness (QED) is 0.0329. The van der Waals surface area contributed by atoms with Gasteiger partial charge in [-0.2, -0.15) is 0 Å². The molecule has 65 heavy (non-hydrogen) atoms. The van der Waals surface area contributed by atoms with E-state index in [9.17, 15) is 76.3 Å². The highest BCUT2D eigenvalue weighted by Crippen LogP contribution is 2.45. The molecule has 23 nitrogen and oxygen atoms in total. The second-order valence-corrected chi connectivity index (χ2v) is 15.5. The molecule has 14 N–H and O–H groups in total. The highest BCUT2D eigenvalue weighted by Gasteiger charge is 2.50. The highest BCUT2D eigenvalue weighted by molar-refractivity contribution is 5.89. The number of ether oxygens (including phenoxy) is 7. The number of esters is 1. The molecule has 23 heteroatoms. The van der Waals surface area contributed by atoms with Crippen LogP contribution < -0.4 is 9.47 Å². The first-order valence-electron chi connectivity index (χ1n) is 19.9. The normalized spacial score (nSPS) is 32.9. The third-order valence-corrected chi connectivity index (χ3v) is 10.9. The molecule has 7 rings (SSSR count). The number of benzene rings is 3. The minimum absolute atomic E-state index is 0.0194. The van der Waals surface area contributed by atoms with Gasteiger partial charge >= 0.3 is 17.3 Å². The molecule has 4 heterocycles. The molecule has 0 saturated carbocycles. The van der Waals surface area contributed by atoms with Crippen molar-refractivity contribution in [1.29, 1.82) is 0 Å². The Morgan fingerprint density at radius 2 is 1.25 bits per heavy atom. The van der Waals surface area contributed by atoms with Crippen LogP contribution in [0.15, 0.2) is 65.1 Å². The van der Waals surface area contributed by atoms with Gasteiger partial charge in [0, 0.05) is 30.3 Å². The summed E-state index contributed by atoms with van der Waals surface area (Å²) in [4.78, 5) is 12.6. The van der Waals surface area contributed by atoms with E-state index in [1.54, 1.807) is 0 Å². The summed E-state index contributed by atoms with van der Waals surface area (Å²) in [5, 5.41) is 146. The Morgan fingerprint density at radius 1 is 0.662 bits per heavy atom. The molecule has 0 amide bonds. The molecule has 1 aromatic heterocycles. The van der Waals surface area contributed by atoms with E-state index in [-0.39, 0.29) is 33.8 Å². The molecule has 3 aliphatic rings. The number of phenols is 5. The molecular weight excluding hydrogens is 872 g/mol. The maximum Gasteiger partial charge on any atom is 0.402 e. The molecule has 4 aromatic rings. The number of fused-ring (bicyclic) bond motifs is 1. The lowest BCUT2D eigenvalue weighted by Gasteiger charge is -2.42. The number of rotatable bonds is 12. The van der Waals surface area contributed by atoms with E-state index in [4.69, 9.17) is 37.6 Å². The van der Waals surface area contributed by atoms with E-state index in [1.165, 1.54) is 37.3 Å². The molecule has 3 aliphatic heterocycles. The number of hydrogen-bond acceptors (Lipinski definition) is 22. The predicted octanol–water partition coefficient (Wildman–Crippen LogP) is -1.62. The zero-order valence-corrected chi connectivity index (χ0v) is 33.9. The van der Waals surface area contributed by atoms with Crippen molar-refractivity contribution in [3.05, 3.63) is 66.2 Å². The van der Waals surface area contributed by atoms with Gasteiger partial charge in [0.25, 0.3) is 0 Å². The Balaban J connectivity index is 1.12. The van der Waals surface area contributed by atoms with Gasteiger partial charge in [-0.3, -0.25) is 0 Å². The van der Waals surface area contributed by atoms with Crippen molar-refractivity contribution in [2.75, 3.05) is 13.2 Å². The highest BCUT2D eigenvalue weighted by atomic mass is 16.7. The van der Waals surface area contributed by atoms with Crippen LogP contribution in [0.25, 0.3) is 28.4 Å². The summed E-state index contributed by atoms with van der Waals surface area (Å²) in [5.41, 5.74) is 0.157. The summed E-state index contributed by atoms with van der Waals surface area (Å²) in [6, 6.07) is 11.1. The number of aromatic hydroxyl groups is 5. The maximum absolute atomic E-state index is 12.6. The number of carbonyl (C=O) groups is 1. The number of phenolic OH excluding ortho intramolecular Hbond substituents is 5. The van der Waals surface area contributed by atoms with E-state index < -0.39 is 140 Å². The molecule has 0 unspecified atom stereocenters. The van der Waals surface area contributed by atoms with E-state index in [0.717, 1.165) is 36.4 Å². The number of hydrogen-bond donors (Lipinski definition) is 14. The third-order valence-electron chi connectivity index (χ3n) is 10.9. The van der Waals surface area contributed by atoms with Crippen LogP contribution in [0.1, 0.15) is 12.5 Å². The van der Waals surface area contributed by atoms with Crippen LogP contribution in [-0.4, -0.2) is 183 Å². The van der Waals surface area contributed by atoms with E-state index in [2.05, 4.69) is 0 Å². The second kappa shape index (κ2) is 19.4. The van der Waals surface area contributed by atoms with Crippen LogP contribution in [0.4, 0.5) is 0 Å². The summed E-state index contributed by atoms with van der Waals surface area (Å²) in [6.45, 7) is -0.0677. The molecule has 0 spiro atoms. The summed E-state index contributed by atoms with van der Waals surface area (Å²) >= 11 is 0. The van der Waals surface area contributed by atoms with Gasteiger partial charge in [-0.05, 0) is 30.7 Å². The summed E-state index contributed by atoms with van der Waals surface area (Å²) < 4.78 is 45.8. The van der Waals surface area contributed by atoms with Gasteiger partial charge in [0.15, 0.2) is 29.6 Å². The molecule has 0 bridgehead atoms. The summed E-state index contributed by atoms with van der Waals surface area (Å²) in [5.74, 6) is -5.06. The minimum atomic E-state index is -2.03. The van der Waals surface area contributed by atoms with E-state index in [1.807, 2.05) is 0 Å². The smallest absolute Gasteiger partial charge is 0.402 e. The molecule has 3 fully saturated rings. The topological polar surface area (TPSA) is 376 Å². The van der Waals surface area contributed by atoms with E-state index >= 15 is 0 Å². The molecule has 15 atom stereocenters. The van der Waals surface area contributed by atoms with Crippen molar-refractivity contribution in [1.82, 2.24) is 0 Å². The maximum atomic E-state index is 12.6. The summed E-state index contributed by atoms with van der Waals surface area (Å²) in [7, 11) is 0. The van der Waals surface area contributed by atoms with E-state index in [0.29, 0.717) is 5.56 Å². The van der Waals surface area contributed by atoms with Crippen LogP contribution in [0.3, 0.4) is 0 Å². The van der Waals surface area contributed by atoms with Crippen molar-refractivity contribution in [2.45, 2.75) is 99.0 Å². The van der Waals surface area contributed by atoms with Gasteiger partial charge in [-0.1, -0.05) is 12.1 Å². The number of aliphatic hydroxyl groups excluding tert-OH is 9. The first-order valence-corrected chi connectivity index (χ1v) is 19.9. The Morgan fingerprint density at radius 3 is 1.88 bits per heavy atom. The largest absolute Gasteiger partial charge is 0.508 e. The zero-order valence-electron chi connectivity index (χ0n) is 33.9. The van der Waals surface area contributed by atoms with Gasteiger partial charge in [0.05, 0.1) is 30.9 Å². The Hall–Kier alpha value is -5.64. The number of aliphatic hydroxyl groups is 9. The van der Waals surface area contributed by atoms with Crippen LogP contribution in [0.2, 0.25) is 0 Å². The first kappa shape index (κ1) is 47.3. The average molecular weight is 920 g/mol. The van der Waals surface area contributed by atoms with Gasteiger partial charge in [0.1, 0.15) is 83.7 Å². The lowest BCUT2D eigenvalue weighted by molar-refractivity contribution is -0.319. The van der Waals surface area contributed by atoms with Gasteiger partial charge in [0.2, 0.25) is 18.3 Å². The first-order chi connectivity index (χ1) is 30.8. The predicted molar refractivity (Wildman–Crippen MR) is 214 cm³/mol. The molecular formula is C42H47O23+. The fourth-order valence-electron chi connectivity index (χ4n) is 7.28. The van der Waals surface area contributed by atoms with Gasteiger partial charge in [-0.25, -0.2) is 9.21 Å². The second-order valence-electron chi connectivity index (χ2n) is 15.5. The van der Waals surface area contributed by atoms with Crippen molar-refractivity contribution in [3.8, 4) is 51.6 Å². The lowest BCUT2D eigenvalue weighted by atomic mass is 9.98. The Kier molecular flexibility index (Phi) is 14.2. The van der Waals surface area contributed by atoms with Crippen LogP contribution in [-0.2, 0) is 28.5 Å². The molecule has 3 saturated heterocycles. The molecule has 3 aromatic carbocycles. The van der Waals surface area contributed by atoms with Crippen molar-refractivity contribution >= 4 is 23.0 Å². The molecule has 0 aliphatic carbocycles. The third kappa shape index (κ3) is 9.97. The van der Waals surface area contributed by atoms with Gasteiger partial charge in [-0.15, -0.1) is 0 Å². The zero-order chi connectivity index (χ0) is 47.0. The monoisotopic (exact) mass is 919 g/mol. The number of carbonyl (C=O) groups excluding carboxylic acids is 1. The minimum Gasteiger partial charge on any atom is -0.508 e. The average Bonchev–Trinajstić information content (AvgIpc) is 3.27. The standard InChI is InChI=1S/C42H46O23/c1-15-38(65-28(48)7-4-16-2-5-18(44)6-3-16)34(54)37(57)40(59-15)58-14-27-31(51)33(53)36(56)42(64-27)62-25-12-20-23(60-39(25)17-8-21(46)29(49)22(47)9-17)10-19(45)11-24(20)61-41-35(55)32(52)30(50)26(13-43)63-41/h2-12,15,26-27,30-38,40-43,50-57H,13-14H2,1H3,(H4-,44,45,46,47,48,49)/p+1/t15-,26+,27-,30+,31+,32-,33-,34+,35-,36+,37+,38-,40+,41+,42+/m0/s1. The van der Waals surface area contributed by atoms with Crippen LogP contribution in [0, 0.1) is 0 Å².